The summed E-state index contributed by atoms with van der Waals surface area (Å²) >= 11 is 2.19. The lowest BCUT2D eigenvalue weighted by Gasteiger charge is -2.41. The van der Waals surface area contributed by atoms with E-state index in [9.17, 15) is 14.9 Å². The first-order valence-corrected chi connectivity index (χ1v) is 10.6. The molecular formula is C20H25IN4O2. The molecule has 3 N–H and O–H groups in total. The third-order valence-electron chi connectivity index (χ3n) is 5.64. The second-order valence-corrected chi connectivity index (χ2v) is 8.67. The Morgan fingerprint density at radius 3 is 2.56 bits per heavy atom. The van der Waals surface area contributed by atoms with Gasteiger partial charge in [0.15, 0.2) is 0 Å². The normalized spacial score (nSPS) is 26.1. The van der Waals surface area contributed by atoms with Crippen molar-refractivity contribution in [2.24, 2.45) is 11.7 Å². The summed E-state index contributed by atoms with van der Waals surface area (Å²) in [5.74, 6) is -1.85. The van der Waals surface area contributed by atoms with Gasteiger partial charge in [-0.15, -0.1) is 0 Å². The maximum Gasteiger partial charge on any atom is 0.240 e. The molecule has 2 aliphatic rings. The van der Waals surface area contributed by atoms with E-state index < -0.39 is 11.8 Å². The van der Waals surface area contributed by atoms with Crippen LogP contribution in [0.4, 0.5) is 0 Å². The second kappa shape index (κ2) is 9.02. The van der Waals surface area contributed by atoms with E-state index in [4.69, 9.17) is 5.73 Å². The number of nitrogens with one attached hydrogen (secondary N) is 1. The largest absolute Gasteiger partial charge is 0.369 e. The van der Waals surface area contributed by atoms with Gasteiger partial charge in [-0.25, -0.2) is 0 Å². The first-order valence-electron chi connectivity index (χ1n) is 9.48. The molecule has 1 heterocycles. The molecular weight excluding hydrogens is 455 g/mol. The molecule has 2 fully saturated rings. The van der Waals surface area contributed by atoms with E-state index in [1.165, 1.54) is 0 Å². The Bertz CT molecular complexity index is 724. The van der Waals surface area contributed by atoms with Crippen molar-refractivity contribution < 1.29 is 9.59 Å². The van der Waals surface area contributed by atoms with Crippen LogP contribution in [0, 0.1) is 20.8 Å². The molecule has 144 valence electrons. The number of benzene rings is 1. The van der Waals surface area contributed by atoms with Crippen molar-refractivity contribution >= 4 is 34.4 Å². The molecule has 7 heteroatoms. The van der Waals surface area contributed by atoms with Gasteiger partial charge in [0.05, 0.1) is 6.07 Å². The van der Waals surface area contributed by atoms with Gasteiger partial charge in [0, 0.05) is 28.1 Å². The molecule has 1 saturated heterocycles. The minimum Gasteiger partial charge on any atom is -0.369 e. The van der Waals surface area contributed by atoms with Gasteiger partial charge in [-0.3, -0.25) is 9.59 Å². The topological polar surface area (TPSA) is 99.2 Å². The molecule has 4 atom stereocenters. The molecule has 27 heavy (non-hydrogen) atoms. The first kappa shape index (κ1) is 20.1. The van der Waals surface area contributed by atoms with Crippen LogP contribution in [0.3, 0.4) is 0 Å². The highest BCUT2D eigenvalue weighted by molar-refractivity contribution is 14.1. The number of carbonyl (C=O) groups excluding carboxylic acids is 2. The molecule has 1 aromatic rings. The summed E-state index contributed by atoms with van der Waals surface area (Å²) in [6.07, 6.45) is 4.22. The highest BCUT2D eigenvalue weighted by Crippen LogP contribution is 2.32. The SMILES string of the molecule is N#CC1CCCC(N(C(=O)C(C(N)=O)c2ccc(I)cc2)C2CCNC2)C1. The smallest absolute Gasteiger partial charge is 0.240 e. The van der Waals surface area contributed by atoms with Gasteiger partial charge >= 0.3 is 0 Å². The van der Waals surface area contributed by atoms with Crippen LogP contribution >= 0.6 is 22.6 Å². The average molecular weight is 480 g/mol. The zero-order chi connectivity index (χ0) is 19.4. The Morgan fingerprint density at radius 1 is 1.22 bits per heavy atom. The van der Waals surface area contributed by atoms with Crippen LogP contribution in [0.25, 0.3) is 0 Å². The second-order valence-electron chi connectivity index (χ2n) is 7.43. The van der Waals surface area contributed by atoms with Gasteiger partial charge in [-0.1, -0.05) is 18.6 Å². The molecule has 6 nitrogen and oxygen atoms in total. The minimum absolute atomic E-state index is 0.00787. The molecule has 1 aromatic carbocycles. The van der Waals surface area contributed by atoms with Crippen molar-refractivity contribution in [2.45, 2.75) is 50.1 Å². The Kier molecular flexibility index (Phi) is 6.71. The Morgan fingerprint density at radius 2 is 1.96 bits per heavy atom. The zero-order valence-electron chi connectivity index (χ0n) is 15.2. The number of primary amides is 1. The molecule has 0 bridgehead atoms. The quantitative estimate of drug-likeness (QED) is 0.499. The number of rotatable bonds is 5. The zero-order valence-corrected chi connectivity index (χ0v) is 17.4. The predicted molar refractivity (Wildman–Crippen MR) is 111 cm³/mol. The molecule has 1 saturated carbocycles. The van der Waals surface area contributed by atoms with Gasteiger partial charge in [0.2, 0.25) is 11.8 Å². The van der Waals surface area contributed by atoms with Gasteiger partial charge in [0.1, 0.15) is 5.92 Å². The number of halogens is 1. The van der Waals surface area contributed by atoms with Crippen LogP contribution in [0.5, 0.6) is 0 Å². The van der Waals surface area contributed by atoms with Gasteiger partial charge in [0.25, 0.3) is 0 Å². The van der Waals surface area contributed by atoms with Crippen LogP contribution in [0.15, 0.2) is 24.3 Å². The van der Waals surface area contributed by atoms with E-state index in [1.54, 1.807) is 12.1 Å². The fraction of sp³-hybridized carbons (Fsp3) is 0.550. The number of nitrogens with zero attached hydrogens (tertiary/aromatic N) is 2. The number of hydrogen-bond acceptors (Lipinski definition) is 4. The maximum atomic E-state index is 13.6. The average Bonchev–Trinajstić information content (AvgIpc) is 3.18. The number of hydrogen-bond donors (Lipinski definition) is 2. The summed E-state index contributed by atoms with van der Waals surface area (Å²) < 4.78 is 1.04. The van der Waals surface area contributed by atoms with Crippen molar-refractivity contribution in [1.29, 1.82) is 5.26 Å². The molecule has 2 amide bonds. The van der Waals surface area contributed by atoms with Gasteiger partial charge < -0.3 is 16.0 Å². The number of nitriles is 1. The predicted octanol–water partition coefficient (Wildman–Crippen LogP) is 2.13. The Balaban J connectivity index is 1.91. The number of carbonyl (C=O) groups is 2. The van der Waals surface area contributed by atoms with Gasteiger partial charge in [-0.05, 0) is 72.5 Å². The van der Waals surface area contributed by atoms with Crippen molar-refractivity contribution in [1.82, 2.24) is 10.2 Å². The van der Waals surface area contributed by atoms with E-state index in [-0.39, 0.29) is 23.9 Å². The van der Waals surface area contributed by atoms with Crippen molar-refractivity contribution in [2.75, 3.05) is 13.1 Å². The monoisotopic (exact) mass is 480 g/mol. The van der Waals surface area contributed by atoms with Crippen molar-refractivity contribution in [3.8, 4) is 6.07 Å². The summed E-state index contributed by atoms with van der Waals surface area (Å²) in [5.41, 5.74) is 6.31. The van der Waals surface area contributed by atoms with E-state index >= 15 is 0 Å². The first-order chi connectivity index (χ1) is 13.0. The third-order valence-corrected chi connectivity index (χ3v) is 6.36. The van der Waals surface area contributed by atoms with Crippen LogP contribution in [0.1, 0.15) is 43.6 Å². The molecule has 1 aliphatic heterocycles. The highest BCUT2D eigenvalue weighted by atomic mass is 127. The van der Waals surface area contributed by atoms with E-state index in [0.29, 0.717) is 12.0 Å². The summed E-state index contributed by atoms with van der Waals surface area (Å²) in [6, 6.07) is 9.77. The lowest BCUT2D eigenvalue weighted by molar-refractivity contribution is -0.142. The molecule has 4 unspecified atom stereocenters. The van der Waals surface area contributed by atoms with Gasteiger partial charge in [-0.2, -0.15) is 5.26 Å². The lowest BCUT2D eigenvalue weighted by atomic mass is 9.84. The van der Waals surface area contributed by atoms with Crippen LogP contribution in [-0.4, -0.2) is 41.9 Å². The third kappa shape index (κ3) is 4.61. The van der Waals surface area contributed by atoms with E-state index in [0.717, 1.165) is 42.3 Å². The molecule has 1 aliphatic carbocycles. The lowest BCUT2D eigenvalue weighted by Crippen LogP contribution is -2.53. The summed E-state index contributed by atoms with van der Waals surface area (Å²) in [6.45, 7) is 1.57. The molecule has 3 rings (SSSR count). The fourth-order valence-corrected chi connectivity index (χ4v) is 4.66. The van der Waals surface area contributed by atoms with E-state index in [1.807, 2.05) is 17.0 Å². The standard InChI is InChI=1S/C20H25IN4O2/c21-15-6-4-14(5-7-15)18(19(23)26)20(27)25(17-8-9-24-12-17)16-3-1-2-13(10-16)11-22/h4-7,13,16-18,24H,1-3,8-10,12H2,(H2,23,26). The van der Waals surface area contributed by atoms with Crippen LogP contribution < -0.4 is 11.1 Å². The summed E-state index contributed by atoms with van der Waals surface area (Å²) in [7, 11) is 0. The summed E-state index contributed by atoms with van der Waals surface area (Å²) in [5, 5.41) is 12.7. The molecule has 0 aromatic heterocycles. The Hall–Kier alpha value is -1.66. The molecule has 0 spiro atoms. The van der Waals surface area contributed by atoms with Crippen LogP contribution in [-0.2, 0) is 9.59 Å². The fourth-order valence-electron chi connectivity index (χ4n) is 4.30. The Labute approximate surface area is 173 Å². The van der Waals surface area contributed by atoms with Crippen LogP contribution in [0.2, 0.25) is 0 Å². The van der Waals surface area contributed by atoms with Crippen molar-refractivity contribution in [3.63, 3.8) is 0 Å². The van der Waals surface area contributed by atoms with E-state index in [2.05, 4.69) is 34.0 Å². The maximum absolute atomic E-state index is 13.6. The number of nitrogens with two attached hydrogens (primary N) is 1. The van der Waals surface area contributed by atoms with Crippen molar-refractivity contribution in [3.05, 3.63) is 33.4 Å². The number of amides is 2. The summed E-state index contributed by atoms with van der Waals surface area (Å²) in [4.78, 5) is 27.7. The highest BCUT2D eigenvalue weighted by Gasteiger charge is 2.40. The minimum atomic E-state index is -0.981. The molecule has 0 radical (unpaired) electrons.